The van der Waals surface area contributed by atoms with Crippen LogP contribution in [0.1, 0.15) is 10.4 Å². The van der Waals surface area contributed by atoms with E-state index in [1.807, 2.05) is 6.07 Å². The van der Waals surface area contributed by atoms with E-state index in [4.69, 9.17) is 4.74 Å². The predicted molar refractivity (Wildman–Crippen MR) is 88.4 cm³/mol. The number of aromatic nitrogens is 3. The molecule has 0 saturated heterocycles. The molecular weight excluding hydrogens is 397 g/mol. The molecule has 6 nitrogen and oxygen atoms in total. The lowest BCUT2D eigenvalue weighted by Gasteiger charge is -2.06. The summed E-state index contributed by atoms with van der Waals surface area (Å²) < 4.78 is 7.06. The first-order chi connectivity index (χ1) is 10.6. The van der Waals surface area contributed by atoms with Crippen LogP contribution in [0.2, 0.25) is 0 Å². The Kier molecular flexibility index (Phi) is 4.14. The van der Waals surface area contributed by atoms with Crippen LogP contribution in [0.5, 0.6) is 0 Å². The molecule has 0 bridgehead atoms. The second-order valence-corrected chi connectivity index (χ2v) is 5.73. The lowest BCUT2D eigenvalue weighted by atomic mass is 10.2. The van der Waals surface area contributed by atoms with Crippen molar-refractivity contribution in [3.8, 4) is 0 Å². The fraction of sp³-hybridized carbons (Fsp3) is 0.0667. The second kappa shape index (κ2) is 6.22. The number of hydrogen-bond acceptors (Lipinski definition) is 5. The normalized spacial score (nSPS) is 10.6. The molecule has 0 aliphatic carbocycles. The number of hydrogen-bond donors (Lipinski definition) is 0. The first-order valence-corrected chi connectivity index (χ1v) is 7.48. The van der Waals surface area contributed by atoms with E-state index in [0.29, 0.717) is 16.5 Å². The zero-order chi connectivity index (χ0) is 15.5. The topological polar surface area (TPSA) is 74.1 Å². The average molecular weight is 407 g/mol. The molecule has 0 unspecified atom stereocenters. The van der Waals surface area contributed by atoms with E-state index >= 15 is 0 Å². The summed E-state index contributed by atoms with van der Waals surface area (Å²) in [5, 5.41) is 8.13. The van der Waals surface area contributed by atoms with Crippen LogP contribution in [0.25, 0.3) is 10.9 Å². The van der Waals surface area contributed by atoms with Gasteiger partial charge in [-0.3, -0.25) is 4.79 Å². The van der Waals surface area contributed by atoms with Gasteiger partial charge in [0.05, 0.1) is 10.9 Å². The van der Waals surface area contributed by atoms with E-state index in [0.717, 1.165) is 8.25 Å². The molecule has 0 amide bonds. The molecule has 3 rings (SSSR count). The second-order valence-electron chi connectivity index (χ2n) is 4.48. The van der Waals surface area contributed by atoms with Gasteiger partial charge in [0.25, 0.3) is 5.56 Å². The maximum Gasteiger partial charge on any atom is 0.339 e. The Morgan fingerprint density at radius 1 is 1.18 bits per heavy atom. The lowest BCUT2D eigenvalue weighted by Crippen LogP contribution is -2.26. The standard InChI is InChI=1S/C15H10IN3O3/c16-11-5-3-4-10(8-11)15(21)22-9-19-14(20)12-6-1-2-7-13(12)17-18-19/h1-8H,9H2. The molecule has 0 aliphatic rings. The molecule has 22 heavy (non-hydrogen) atoms. The van der Waals surface area contributed by atoms with Crippen molar-refractivity contribution in [2.45, 2.75) is 6.73 Å². The van der Waals surface area contributed by atoms with Crippen molar-refractivity contribution in [2.75, 3.05) is 0 Å². The molecule has 1 heterocycles. The van der Waals surface area contributed by atoms with Crippen molar-refractivity contribution in [1.29, 1.82) is 0 Å². The van der Waals surface area contributed by atoms with E-state index in [9.17, 15) is 9.59 Å². The van der Waals surface area contributed by atoms with E-state index in [2.05, 4.69) is 32.9 Å². The molecule has 1 aromatic heterocycles. The minimum atomic E-state index is -0.514. The molecule has 3 aromatic rings. The summed E-state index contributed by atoms with van der Waals surface area (Å²) in [6.07, 6.45) is 0. The monoisotopic (exact) mass is 407 g/mol. The Labute approximate surface area is 138 Å². The van der Waals surface area contributed by atoms with Gasteiger partial charge in [0.15, 0.2) is 6.73 Å². The van der Waals surface area contributed by atoms with Crippen LogP contribution >= 0.6 is 22.6 Å². The highest BCUT2D eigenvalue weighted by atomic mass is 127. The first-order valence-electron chi connectivity index (χ1n) is 6.40. The fourth-order valence-corrected chi connectivity index (χ4v) is 2.47. The van der Waals surface area contributed by atoms with Gasteiger partial charge in [-0.15, -0.1) is 5.10 Å². The van der Waals surface area contributed by atoms with Crippen molar-refractivity contribution in [3.63, 3.8) is 0 Å². The Bertz CT molecular complexity index is 908. The highest BCUT2D eigenvalue weighted by Gasteiger charge is 2.10. The number of ether oxygens (including phenoxy) is 1. The maximum absolute atomic E-state index is 12.2. The van der Waals surface area contributed by atoms with Crippen molar-refractivity contribution in [3.05, 3.63) is 68.0 Å². The number of fused-ring (bicyclic) bond motifs is 1. The van der Waals surface area contributed by atoms with E-state index in [1.165, 1.54) is 0 Å². The van der Waals surface area contributed by atoms with Gasteiger partial charge >= 0.3 is 5.97 Å². The van der Waals surface area contributed by atoms with Gasteiger partial charge in [-0.25, -0.2) is 4.79 Å². The van der Waals surface area contributed by atoms with Crippen molar-refractivity contribution in [1.82, 2.24) is 15.0 Å². The van der Waals surface area contributed by atoms with Gasteiger partial charge in [0.1, 0.15) is 5.52 Å². The smallest absolute Gasteiger partial charge is 0.339 e. The third-order valence-electron chi connectivity index (χ3n) is 3.01. The average Bonchev–Trinajstić information content (AvgIpc) is 2.54. The number of rotatable bonds is 3. The molecule has 0 atom stereocenters. The molecule has 0 N–H and O–H groups in total. The number of carbonyl (C=O) groups excluding carboxylic acids is 1. The molecule has 0 fully saturated rings. The predicted octanol–water partition coefficient (Wildman–Crippen LogP) is 2.21. The van der Waals surface area contributed by atoms with Crippen LogP contribution in [-0.4, -0.2) is 21.0 Å². The minimum Gasteiger partial charge on any atom is -0.439 e. The van der Waals surface area contributed by atoms with Crippen molar-refractivity contribution < 1.29 is 9.53 Å². The van der Waals surface area contributed by atoms with Gasteiger partial charge in [0.2, 0.25) is 0 Å². The fourth-order valence-electron chi connectivity index (χ4n) is 1.93. The Hall–Kier alpha value is -2.29. The molecule has 0 spiro atoms. The van der Waals surface area contributed by atoms with Crippen LogP contribution in [0, 0.1) is 3.57 Å². The van der Waals surface area contributed by atoms with Crippen molar-refractivity contribution in [2.24, 2.45) is 0 Å². The summed E-state index contributed by atoms with van der Waals surface area (Å²) in [4.78, 5) is 24.2. The summed E-state index contributed by atoms with van der Waals surface area (Å²) in [6, 6.07) is 13.9. The van der Waals surface area contributed by atoms with Gasteiger partial charge in [0, 0.05) is 3.57 Å². The summed E-state index contributed by atoms with van der Waals surface area (Å²) in [5.41, 5.74) is 0.586. The van der Waals surface area contributed by atoms with Gasteiger partial charge in [-0.2, -0.15) is 4.68 Å². The third kappa shape index (κ3) is 2.98. The molecule has 110 valence electrons. The number of carbonyl (C=O) groups is 1. The number of nitrogens with zero attached hydrogens (tertiary/aromatic N) is 3. The number of halogens is 1. The van der Waals surface area contributed by atoms with Crippen LogP contribution in [0.4, 0.5) is 0 Å². The molecule has 0 aliphatic heterocycles. The zero-order valence-electron chi connectivity index (χ0n) is 11.3. The SMILES string of the molecule is O=C(OCn1nnc2ccccc2c1=O)c1cccc(I)c1. The molecular formula is C15H10IN3O3. The summed E-state index contributed by atoms with van der Waals surface area (Å²) in [5.74, 6) is -0.514. The van der Waals surface area contributed by atoms with Gasteiger partial charge < -0.3 is 4.74 Å². The van der Waals surface area contributed by atoms with Gasteiger partial charge in [-0.1, -0.05) is 23.4 Å². The zero-order valence-corrected chi connectivity index (χ0v) is 13.4. The summed E-state index contributed by atoms with van der Waals surface area (Å²) >= 11 is 2.11. The quantitative estimate of drug-likeness (QED) is 0.492. The van der Waals surface area contributed by atoms with Crippen LogP contribution in [0.15, 0.2) is 53.3 Å². The Morgan fingerprint density at radius 2 is 2.00 bits per heavy atom. The molecule has 0 saturated carbocycles. The van der Waals surface area contributed by atoms with Crippen LogP contribution < -0.4 is 5.56 Å². The Balaban J connectivity index is 1.81. The number of benzene rings is 2. The van der Waals surface area contributed by atoms with E-state index < -0.39 is 5.97 Å². The molecule has 0 radical (unpaired) electrons. The largest absolute Gasteiger partial charge is 0.439 e. The lowest BCUT2D eigenvalue weighted by molar-refractivity contribution is 0.0336. The first kappa shape index (κ1) is 14.6. The molecule has 7 heteroatoms. The highest BCUT2D eigenvalue weighted by Crippen LogP contribution is 2.09. The van der Waals surface area contributed by atoms with Crippen LogP contribution in [0.3, 0.4) is 0 Å². The third-order valence-corrected chi connectivity index (χ3v) is 3.68. The van der Waals surface area contributed by atoms with Crippen molar-refractivity contribution >= 4 is 39.5 Å². The van der Waals surface area contributed by atoms with E-state index in [1.54, 1.807) is 42.5 Å². The highest BCUT2D eigenvalue weighted by molar-refractivity contribution is 14.1. The van der Waals surface area contributed by atoms with E-state index in [-0.39, 0.29) is 12.3 Å². The molecule has 2 aromatic carbocycles. The summed E-state index contributed by atoms with van der Waals surface area (Å²) in [6.45, 7) is -0.277. The number of esters is 1. The van der Waals surface area contributed by atoms with Crippen LogP contribution in [-0.2, 0) is 11.5 Å². The van der Waals surface area contributed by atoms with Gasteiger partial charge in [-0.05, 0) is 52.9 Å². The summed E-state index contributed by atoms with van der Waals surface area (Å²) in [7, 11) is 0. The minimum absolute atomic E-state index is 0.277. The Morgan fingerprint density at radius 3 is 2.82 bits per heavy atom. The maximum atomic E-state index is 12.2.